The van der Waals surface area contributed by atoms with Gasteiger partial charge in [0.2, 0.25) is 0 Å². The fourth-order valence-electron chi connectivity index (χ4n) is 3.27. The van der Waals surface area contributed by atoms with Gasteiger partial charge in [-0.3, -0.25) is 4.79 Å². The number of benzene rings is 1. The molecule has 1 saturated heterocycles. The molecule has 1 aliphatic rings. The topological polar surface area (TPSA) is 47.9 Å². The Balaban J connectivity index is 0.000000414. The fourth-order valence-corrected chi connectivity index (χ4v) is 3.27. The van der Waals surface area contributed by atoms with E-state index in [1.165, 1.54) is 51.3 Å². The number of rotatable bonds is 9. The van der Waals surface area contributed by atoms with Crippen LogP contribution in [0.4, 0.5) is 10.1 Å². The van der Waals surface area contributed by atoms with Gasteiger partial charge in [0.1, 0.15) is 11.7 Å². The zero-order valence-electron chi connectivity index (χ0n) is 19.4. The summed E-state index contributed by atoms with van der Waals surface area (Å²) < 4.78 is 13.2. The molecule has 170 valence electrons. The standard InChI is InChI=1S/C17H25FN2O.C7H16N2/c1-4-6-8-17(20(3)11-7-5-2)19-16-10-9-15(18)12-14(16)13-21;1-2-9-6-3-4-8-5-7-9/h9-10,12-13H,4-8,11H2,1-3H3;8H,2-7H2,1H3. The normalized spacial score (nSPS) is 15.2. The Morgan fingerprint density at radius 3 is 2.63 bits per heavy atom. The third-order valence-electron chi connectivity index (χ3n) is 5.29. The molecule has 0 spiro atoms. The number of carbonyl (C=O) groups is 1. The Hall–Kier alpha value is -1.79. The van der Waals surface area contributed by atoms with Crippen molar-refractivity contribution in [2.45, 2.75) is 59.3 Å². The quantitative estimate of drug-likeness (QED) is 0.351. The molecule has 2 rings (SSSR count). The average molecular weight is 421 g/mol. The second-order valence-corrected chi connectivity index (χ2v) is 7.77. The molecule has 0 aromatic heterocycles. The molecule has 0 amide bonds. The Morgan fingerprint density at radius 1 is 1.20 bits per heavy atom. The number of nitrogens with one attached hydrogen (secondary N) is 1. The van der Waals surface area contributed by atoms with Crippen LogP contribution in [-0.4, -0.2) is 68.2 Å². The second kappa shape index (κ2) is 16.0. The number of aldehydes is 1. The fraction of sp³-hybridized carbons (Fsp3) is 0.667. The smallest absolute Gasteiger partial charge is 0.152 e. The number of aliphatic imine (C=N–C) groups is 1. The van der Waals surface area contributed by atoms with Gasteiger partial charge in [0.15, 0.2) is 6.29 Å². The molecule has 5 nitrogen and oxygen atoms in total. The van der Waals surface area contributed by atoms with Crippen molar-refractivity contribution in [1.82, 2.24) is 15.1 Å². The van der Waals surface area contributed by atoms with Crippen LogP contribution in [0.2, 0.25) is 0 Å². The van der Waals surface area contributed by atoms with E-state index in [-0.39, 0.29) is 0 Å². The van der Waals surface area contributed by atoms with Crippen molar-refractivity contribution in [3.05, 3.63) is 29.6 Å². The van der Waals surface area contributed by atoms with Gasteiger partial charge < -0.3 is 15.1 Å². The molecule has 0 radical (unpaired) electrons. The first-order chi connectivity index (χ1) is 14.5. The van der Waals surface area contributed by atoms with Crippen LogP contribution in [0.5, 0.6) is 0 Å². The largest absolute Gasteiger partial charge is 0.363 e. The third kappa shape index (κ3) is 10.3. The lowest BCUT2D eigenvalue weighted by Gasteiger charge is -2.21. The first-order valence-corrected chi connectivity index (χ1v) is 11.5. The summed E-state index contributed by atoms with van der Waals surface area (Å²) in [5.41, 5.74) is 0.841. The molecule has 1 aromatic rings. The van der Waals surface area contributed by atoms with Crippen molar-refractivity contribution >= 4 is 17.8 Å². The van der Waals surface area contributed by atoms with Crippen molar-refractivity contribution in [3.8, 4) is 0 Å². The van der Waals surface area contributed by atoms with Gasteiger partial charge >= 0.3 is 0 Å². The van der Waals surface area contributed by atoms with Gasteiger partial charge in [-0.1, -0.05) is 33.6 Å². The molecule has 30 heavy (non-hydrogen) atoms. The van der Waals surface area contributed by atoms with Crippen molar-refractivity contribution in [3.63, 3.8) is 0 Å². The maximum absolute atomic E-state index is 13.2. The van der Waals surface area contributed by atoms with Crippen LogP contribution in [0, 0.1) is 5.82 Å². The molecular weight excluding hydrogens is 379 g/mol. The number of hydrogen-bond donors (Lipinski definition) is 1. The van der Waals surface area contributed by atoms with Gasteiger partial charge in [0.05, 0.1) is 5.69 Å². The highest BCUT2D eigenvalue weighted by Gasteiger charge is 2.09. The first kappa shape index (κ1) is 26.2. The molecule has 0 atom stereocenters. The number of hydrogen-bond acceptors (Lipinski definition) is 4. The van der Waals surface area contributed by atoms with Crippen molar-refractivity contribution in [2.24, 2.45) is 4.99 Å². The van der Waals surface area contributed by atoms with Crippen LogP contribution in [0.25, 0.3) is 0 Å². The van der Waals surface area contributed by atoms with E-state index in [0.29, 0.717) is 17.5 Å². The zero-order chi connectivity index (χ0) is 22.2. The Labute approximate surface area is 182 Å². The summed E-state index contributed by atoms with van der Waals surface area (Å²) in [6.45, 7) is 13.6. The highest BCUT2D eigenvalue weighted by atomic mass is 19.1. The molecule has 1 heterocycles. The highest BCUT2D eigenvalue weighted by Crippen LogP contribution is 2.20. The van der Waals surface area contributed by atoms with E-state index in [1.807, 2.05) is 7.05 Å². The van der Waals surface area contributed by atoms with E-state index in [1.54, 1.807) is 6.07 Å². The SMILES string of the molecule is CCCCC(=Nc1ccc(F)cc1C=O)N(C)CCCC.CCN1CCCNCC1. The van der Waals surface area contributed by atoms with Crippen LogP contribution in [-0.2, 0) is 0 Å². The number of likely N-dealkylation sites (N-methyl/N-ethyl adjacent to an activating group) is 1. The minimum absolute atomic E-state index is 0.299. The molecule has 1 aliphatic heterocycles. The Bertz CT molecular complexity index is 628. The summed E-state index contributed by atoms with van der Waals surface area (Å²) in [6, 6.07) is 4.14. The first-order valence-electron chi connectivity index (χ1n) is 11.5. The molecule has 0 bridgehead atoms. The summed E-state index contributed by atoms with van der Waals surface area (Å²) >= 11 is 0. The number of carbonyl (C=O) groups excluding carboxylic acids is 1. The Kier molecular flexibility index (Phi) is 14.0. The molecule has 0 unspecified atom stereocenters. The van der Waals surface area contributed by atoms with Crippen LogP contribution >= 0.6 is 0 Å². The van der Waals surface area contributed by atoms with Crippen LogP contribution in [0.3, 0.4) is 0 Å². The van der Waals surface area contributed by atoms with E-state index in [2.05, 4.69) is 40.9 Å². The lowest BCUT2D eigenvalue weighted by Crippen LogP contribution is -2.27. The van der Waals surface area contributed by atoms with E-state index < -0.39 is 5.82 Å². The van der Waals surface area contributed by atoms with Gasteiger partial charge in [-0.25, -0.2) is 9.38 Å². The summed E-state index contributed by atoms with van der Waals surface area (Å²) in [5.74, 6) is 0.547. The molecule has 1 fully saturated rings. The lowest BCUT2D eigenvalue weighted by molar-refractivity contribution is 0.112. The number of nitrogens with zero attached hydrogens (tertiary/aromatic N) is 3. The van der Waals surface area contributed by atoms with Gasteiger partial charge in [0, 0.05) is 38.7 Å². The minimum Gasteiger partial charge on any atom is -0.363 e. The van der Waals surface area contributed by atoms with Gasteiger partial charge in [-0.05, 0) is 57.1 Å². The van der Waals surface area contributed by atoms with Crippen LogP contribution in [0.15, 0.2) is 23.2 Å². The summed E-state index contributed by atoms with van der Waals surface area (Å²) in [7, 11) is 2.02. The summed E-state index contributed by atoms with van der Waals surface area (Å²) in [5, 5.41) is 3.37. The Morgan fingerprint density at radius 2 is 1.97 bits per heavy atom. The maximum atomic E-state index is 13.2. The summed E-state index contributed by atoms with van der Waals surface area (Å²) in [6.07, 6.45) is 7.20. The van der Waals surface area contributed by atoms with Gasteiger partial charge in [-0.2, -0.15) is 0 Å². The van der Waals surface area contributed by atoms with E-state index in [4.69, 9.17) is 0 Å². The van der Waals surface area contributed by atoms with E-state index in [9.17, 15) is 9.18 Å². The van der Waals surface area contributed by atoms with Crippen molar-refractivity contribution in [1.29, 1.82) is 0 Å². The minimum atomic E-state index is -0.412. The van der Waals surface area contributed by atoms with Gasteiger partial charge in [0.25, 0.3) is 0 Å². The molecule has 0 saturated carbocycles. The predicted octanol–water partition coefficient (Wildman–Crippen LogP) is 4.89. The van der Waals surface area contributed by atoms with E-state index in [0.717, 1.165) is 44.5 Å². The lowest BCUT2D eigenvalue weighted by atomic mass is 10.2. The molecule has 1 aromatic carbocycles. The van der Waals surface area contributed by atoms with Crippen LogP contribution in [0.1, 0.15) is 69.7 Å². The van der Waals surface area contributed by atoms with E-state index >= 15 is 0 Å². The number of unbranched alkanes of at least 4 members (excludes halogenated alkanes) is 2. The molecule has 1 N–H and O–H groups in total. The highest BCUT2D eigenvalue weighted by molar-refractivity contribution is 5.89. The molecular formula is C24H41FN4O. The van der Waals surface area contributed by atoms with Crippen molar-refractivity contribution < 1.29 is 9.18 Å². The predicted molar refractivity (Wildman–Crippen MR) is 126 cm³/mol. The number of halogens is 1. The zero-order valence-corrected chi connectivity index (χ0v) is 19.4. The monoisotopic (exact) mass is 420 g/mol. The second-order valence-electron chi connectivity index (χ2n) is 7.77. The average Bonchev–Trinajstić information content (AvgIpc) is 3.05. The summed E-state index contributed by atoms with van der Waals surface area (Å²) in [4.78, 5) is 20.3. The molecule has 0 aliphatic carbocycles. The third-order valence-corrected chi connectivity index (χ3v) is 5.29. The maximum Gasteiger partial charge on any atom is 0.152 e. The number of amidine groups is 1. The van der Waals surface area contributed by atoms with Crippen LogP contribution < -0.4 is 5.32 Å². The van der Waals surface area contributed by atoms with Gasteiger partial charge in [-0.15, -0.1) is 0 Å². The molecule has 6 heteroatoms. The van der Waals surface area contributed by atoms with Crippen molar-refractivity contribution in [2.75, 3.05) is 46.3 Å².